The number of nitrogens with zero attached hydrogens (tertiary/aromatic N) is 1. The molecule has 116 valence electrons. The van der Waals surface area contributed by atoms with Gasteiger partial charge in [0.25, 0.3) is 0 Å². The summed E-state index contributed by atoms with van der Waals surface area (Å²) in [5.74, 6) is 1.24. The van der Waals surface area contributed by atoms with Gasteiger partial charge in [0.1, 0.15) is 0 Å². The van der Waals surface area contributed by atoms with Gasteiger partial charge in [0.2, 0.25) is 0 Å². The molecule has 3 nitrogen and oxygen atoms in total. The van der Waals surface area contributed by atoms with E-state index in [2.05, 4.69) is 30.9 Å². The molecule has 0 spiro atoms. The van der Waals surface area contributed by atoms with Crippen molar-refractivity contribution < 1.29 is 9.90 Å². The van der Waals surface area contributed by atoms with Gasteiger partial charge in [-0.15, -0.1) is 0 Å². The maximum atomic E-state index is 12.4. The third-order valence-electron chi connectivity index (χ3n) is 4.41. The van der Waals surface area contributed by atoms with E-state index in [0.29, 0.717) is 18.4 Å². The molecular weight excluding hydrogens is 262 g/mol. The van der Waals surface area contributed by atoms with Crippen LogP contribution < -0.4 is 0 Å². The van der Waals surface area contributed by atoms with Crippen LogP contribution in [-0.2, 0) is 0 Å². The van der Waals surface area contributed by atoms with Crippen molar-refractivity contribution in [2.24, 2.45) is 5.92 Å². The molecule has 1 aromatic rings. The lowest BCUT2D eigenvalue weighted by molar-refractivity contribution is 0.0871. The fourth-order valence-corrected chi connectivity index (χ4v) is 3.06. The van der Waals surface area contributed by atoms with Crippen LogP contribution in [0.1, 0.15) is 54.9 Å². The number of aliphatic hydroxyl groups excluding tert-OH is 1. The van der Waals surface area contributed by atoms with Crippen molar-refractivity contribution in [3.8, 4) is 0 Å². The lowest BCUT2D eigenvalue weighted by atomic mass is 9.94. The summed E-state index contributed by atoms with van der Waals surface area (Å²) >= 11 is 0. The lowest BCUT2D eigenvalue weighted by Gasteiger charge is -2.31. The second kappa shape index (κ2) is 7.71. The molecule has 1 saturated heterocycles. The molecule has 0 radical (unpaired) electrons. The number of ketones is 1. The van der Waals surface area contributed by atoms with Crippen molar-refractivity contribution in [2.45, 2.75) is 39.0 Å². The number of hydrogen-bond donors (Lipinski definition) is 1. The minimum absolute atomic E-state index is 0.204. The average Bonchev–Trinajstić information content (AvgIpc) is 2.48. The quantitative estimate of drug-likeness (QED) is 0.818. The molecule has 1 atom stereocenters. The van der Waals surface area contributed by atoms with Crippen LogP contribution in [-0.4, -0.2) is 42.0 Å². The maximum Gasteiger partial charge on any atom is 0.176 e. The molecule has 1 heterocycles. The zero-order valence-electron chi connectivity index (χ0n) is 13.2. The Bertz CT molecular complexity index is 451. The molecule has 1 aliphatic heterocycles. The highest BCUT2D eigenvalue weighted by Gasteiger charge is 2.21. The second-order valence-electron chi connectivity index (χ2n) is 6.46. The van der Waals surface area contributed by atoms with Gasteiger partial charge >= 0.3 is 0 Å². The minimum Gasteiger partial charge on any atom is -0.396 e. The van der Waals surface area contributed by atoms with E-state index in [1.807, 2.05) is 12.1 Å². The van der Waals surface area contributed by atoms with Crippen LogP contribution in [0.15, 0.2) is 24.3 Å². The van der Waals surface area contributed by atoms with E-state index in [1.165, 1.54) is 12.0 Å². The summed E-state index contributed by atoms with van der Waals surface area (Å²) < 4.78 is 0. The topological polar surface area (TPSA) is 40.5 Å². The predicted molar refractivity (Wildman–Crippen MR) is 85.7 cm³/mol. The summed E-state index contributed by atoms with van der Waals surface area (Å²) in [4.78, 5) is 14.6. The van der Waals surface area contributed by atoms with Crippen LogP contribution >= 0.6 is 0 Å². The van der Waals surface area contributed by atoms with Crippen LogP contribution in [0.3, 0.4) is 0 Å². The zero-order valence-corrected chi connectivity index (χ0v) is 13.2. The fourth-order valence-electron chi connectivity index (χ4n) is 3.06. The predicted octanol–water partition coefficient (Wildman–Crippen LogP) is 3.09. The van der Waals surface area contributed by atoms with Gasteiger partial charge in [-0.2, -0.15) is 0 Å². The first-order valence-electron chi connectivity index (χ1n) is 8.06. The number of hydrogen-bond acceptors (Lipinski definition) is 3. The number of aliphatic hydroxyl groups is 1. The molecule has 0 bridgehead atoms. The molecule has 1 fully saturated rings. The number of carbonyl (C=O) groups is 1. The van der Waals surface area contributed by atoms with Crippen LogP contribution in [0.5, 0.6) is 0 Å². The summed E-state index contributed by atoms with van der Waals surface area (Å²) in [5, 5.41) is 9.05. The maximum absolute atomic E-state index is 12.4. The molecule has 2 rings (SSSR count). The lowest BCUT2D eigenvalue weighted by Crippen LogP contribution is -2.39. The van der Waals surface area contributed by atoms with Crippen molar-refractivity contribution in [1.29, 1.82) is 0 Å². The van der Waals surface area contributed by atoms with E-state index >= 15 is 0 Å². The normalized spacial score (nSPS) is 19.9. The Morgan fingerprint density at radius 1 is 1.33 bits per heavy atom. The van der Waals surface area contributed by atoms with Crippen molar-refractivity contribution >= 4 is 5.78 Å². The Balaban J connectivity index is 1.91. The molecule has 1 N–H and O–H groups in total. The molecule has 1 aliphatic rings. The number of likely N-dealkylation sites (tertiary alicyclic amines) is 1. The Labute approximate surface area is 128 Å². The second-order valence-corrected chi connectivity index (χ2v) is 6.46. The van der Waals surface area contributed by atoms with Gasteiger partial charge < -0.3 is 5.11 Å². The Morgan fingerprint density at radius 2 is 2.05 bits per heavy atom. The van der Waals surface area contributed by atoms with Gasteiger partial charge in [-0.25, -0.2) is 0 Å². The van der Waals surface area contributed by atoms with E-state index in [9.17, 15) is 4.79 Å². The van der Waals surface area contributed by atoms with E-state index in [4.69, 9.17) is 5.11 Å². The molecule has 1 aromatic carbocycles. The van der Waals surface area contributed by atoms with Crippen LogP contribution in [0.4, 0.5) is 0 Å². The van der Waals surface area contributed by atoms with Crippen molar-refractivity contribution in [3.63, 3.8) is 0 Å². The van der Waals surface area contributed by atoms with Crippen LogP contribution in [0.2, 0.25) is 0 Å². The first-order chi connectivity index (χ1) is 10.1. The number of carbonyl (C=O) groups excluding carboxylic acids is 1. The molecule has 0 saturated carbocycles. The molecular formula is C18H27NO2. The highest BCUT2D eigenvalue weighted by Crippen LogP contribution is 2.20. The zero-order chi connectivity index (χ0) is 15.2. The number of benzene rings is 1. The van der Waals surface area contributed by atoms with Gasteiger partial charge in [0, 0.05) is 18.7 Å². The highest BCUT2D eigenvalue weighted by atomic mass is 16.3. The first kappa shape index (κ1) is 16.2. The summed E-state index contributed by atoms with van der Waals surface area (Å²) in [7, 11) is 0. The van der Waals surface area contributed by atoms with Crippen LogP contribution in [0, 0.1) is 5.92 Å². The molecule has 21 heavy (non-hydrogen) atoms. The van der Waals surface area contributed by atoms with E-state index in [1.54, 1.807) is 0 Å². The number of rotatable bonds is 6. The van der Waals surface area contributed by atoms with Crippen molar-refractivity contribution in [1.82, 2.24) is 4.90 Å². The summed E-state index contributed by atoms with van der Waals surface area (Å²) in [5.41, 5.74) is 2.08. The largest absolute Gasteiger partial charge is 0.396 e. The van der Waals surface area contributed by atoms with Crippen LogP contribution in [0.25, 0.3) is 0 Å². The third-order valence-corrected chi connectivity index (χ3v) is 4.41. The molecule has 0 aromatic heterocycles. The molecule has 0 amide bonds. The third kappa shape index (κ3) is 4.65. The smallest absolute Gasteiger partial charge is 0.176 e. The van der Waals surface area contributed by atoms with Crippen molar-refractivity contribution in [3.05, 3.63) is 35.4 Å². The van der Waals surface area contributed by atoms with E-state index in [-0.39, 0.29) is 12.4 Å². The summed E-state index contributed by atoms with van der Waals surface area (Å²) in [6.45, 7) is 7.01. The van der Waals surface area contributed by atoms with Gasteiger partial charge in [-0.05, 0) is 43.2 Å². The molecule has 3 heteroatoms. The van der Waals surface area contributed by atoms with E-state index in [0.717, 1.165) is 31.5 Å². The van der Waals surface area contributed by atoms with Gasteiger partial charge in [-0.1, -0.05) is 38.1 Å². The summed E-state index contributed by atoms with van der Waals surface area (Å²) in [6.07, 6.45) is 3.16. The fraction of sp³-hybridized carbons (Fsp3) is 0.611. The molecule has 1 unspecified atom stereocenters. The first-order valence-corrected chi connectivity index (χ1v) is 8.06. The number of Topliss-reactive ketones (excluding diaryl/α,β-unsaturated/α-hetero) is 1. The monoisotopic (exact) mass is 289 g/mol. The average molecular weight is 289 g/mol. The van der Waals surface area contributed by atoms with Crippen molar-refractivity contribution in [2.75, 3.05) is 26.2 Å². The minimum atomic E-state index is 0.204. The highest BCUT2D eigenvalue weighted by molar-refractivity contribution is 5.97. The van der Waals surface area contributed by atoms with E-state index < -0.39 is 0 Å². The number of piperidine rings is 1. The summed E-state index contributed by atoms with van der Waals surface area (Å²) in [6, 6.07) is 8.02. The van der Waals surface area contributed by atoms with Gasteiger partial charge in [-0.3, -0.25) is 9.69 Å². The standard InChI is InChI=1S/C18H27NO2/c1-14(2)16-5-7-17(8-6-16)18(21)13-19-10-3-4-15(12-19)9-11-20/h5-8,14-15,20H,3-4,9-13H2,1-2H3. The SMILES string of the molecule is CC(C)c1ccc(C(=O)CN2CCCC(CCO)C2)cc1. The molecule has 0 aliphatic carbocycles. The van der Waals surface area contributed by atoms with Gasteiger partial charge in [0.15, 0.2) is 5.78 Å². The Kier molecular flexibility index (Phi) is 5.95. The Morgan fingerprint density at radius 3 is 2.67 bits per heavy atom. The Hall–Kier alpha value is -1.19. The van der Waals surface area contributed by atoms with Gasteiger partial charge in [0.05, 0.1) is 6.54 Å².